The number of esters is 1. The van der Waals surface area contributed by atoms with E-state index in [0.29, 0.717) is 6.42 Å². The van der Waals surface area contributed by atoms with E-state index in [9.17, 15) is 14.4 Å². The monoisotopic (exact) mass is 442 g/mol. The molecule has 0 heterocycles. The summed E-state index contributed by atoms with van der Waals surface area (Å²) in [6.07, 6.45) is 0.242. The molecule has 3 atom stereocenters. The molecule has 2 aromatic rings. The molecule has 0 aliphatic carbocycles. The second-order valence-corrected chi connectivity index (χ2v) is 8.98. The van der Waals surface area contributed by atoms with E-state index in [-0.39, 0.29) is 12.3 Å². The van der Waals surface area contributed by atoms with Gasteiger partial charge in [0, 0.05) is 6.42 Å². The van der Waals surface area contributed by atoms with E-state index in [4.69, 9.17) is 9.47 Å². The van der Waals surface area contributed by atoms with Gasteiger partial charge in [-0.25, -0.2) is 9.59 Å². The van der Waals surface area contributed by atoms with Gasteiger partial charge in [0.25, 0.3) is 0 Å². The van der Waals surface area contributed by atoms with E-state index >= 15 is 0 Å². The minimum atomic E-state index is -0.888. The summed E-state index contributed by atoms with van der Waals surface area (Å²) in [5, 5.41) is 7.55. The Morgan fingerprint density at radius 1 is 1.00 bits per heavy atom. The molecular formula is C25H34N2O5. The molecule has 0 fully saturated rings. The smallest absolute Gasteiger partial charge is 0.408 e. The van der Waals surface area contributed by atoms with Gasteiger partial charge < -0.3 is 20.1 Å². The van der Waals surface area contributed by atoms with Crippen molar-refractivity contribution in [1.82, 2.24) is 10.6 Å². The minimum Gasteiger partial charge on any atom is -0.467 e. The van der Waals surface area contributed by atoms with Gasteiger partial charge in [-0.3, -0.25) is 4.79 Å². The highest BCUT2D eigenvalue weighted by atomic mass is 16.6. The van der Waals surface area contributed by atoms with Crippen LogP contribution < -0.4 is 10.6 Å². The number of amides is 2. The predicted octanol–water partition coefficient (Wildman–Crippen LogP) is 3.98. The first-order chi connectivity index (χ1) is 15.0. The first-order valence-corrected chi connectivity index (χ1v) is 10.9. The summed E-state index contributed by atoms with van der Waals surface area (Å²) in [6.45, 7) is 9.04. The Balaban J connectivity index is 2.19. The maximum Gasteiger partial charge on any atom is 0.408 e. The molecule has 0 aliphatic heterocycles. The van der Waals surface area contributed by atoms with Crippen molar-refractivity contribution in [3.63, 3.8) is 0 Å². The normalized spacial score (nSPS) is 14.2. The molecule has 0 radical (unpaired) electrons. The van der Waals surface area contributed by atoms with Gasteiger partial charge in [-0.2, -0.15) is 0 Å². The number of nitrogens with one attached hydrogen (secondary N) is 2. The van der Waals surface area contributed by atoms with Crippen LogP contribution in [0.3, 0.4) is 0 Å². The van der Waals surface area contributed by atoms with Gasteiger partial charge in [-0.05, 0) is 43.0 Å². The number of carbonyl (C=O) groups is 3. The Kier molecular flexibility index (Phi) is 8.63. The average Bonchev–Trinajstić information content (AvgIpc) is 2.74. The van der Waals surface area contributed by atoms with Crippen molar-refractivity contribution < 1.29 is 23.9 Å². The quantitative estimate of drug-likeness (QED) is 0.603. The second kappa shape index (κ2) is 11.0. The lowest BCUT2D eigenvalue weighted by Gasteiger charge is -2.27. The molecule has 32 heavy (non-hydrogen) atoms. The average molecular weight is 443 g/mol. The molecule has 2 N–H and O–H groups in total. The highest BCUT2D eigenvalue weighted by Gasteiger charge is 2.31. The zero-order chi connectivity index (χ0) is 23.9. The molecule has 2 aromatic carbocycles. The summed E-state index contributed by atoms with van der Waals surface area (Å²) < 4.78 is 10.2. The minimum absolute atomic E-state index is 0.165. The van der Waals surface area contributed by atoms with Crippen LogP contribution in [0.5, 0.6) is 0 Å². The molecule has 7 nitrogen and oxygen atoms in total. The number of carbonyl (C=O) groups excluding carboxylic acids is 3. The SMILES string of the molecule is CC[C@H](C)[C@H](NC(=O)OC(C)(C)C)C(=O)N[C@@H](Cc1ccc2ccccc2c1)C(=O)OC. The van der Waals surface area contributed by atoms with Gasteiger partial charge in [0.2, 0.25) is 5.91 Å². The van der Waals surface area contributed by atoms with Gasteiger partial charge in [0.1, 0.15) is 17.7 Å². The van der Waals surface area contributed by atoms with Crippen molar-refractivity contribution >= 4 is 28.7 Å². The van der Waals surface area contributed by atoms with Crippen molar-refractivity contribution in [2.45, 2.75) is 65.1 Å². The lowest BCUT2D eigenvalue weighted by atomic mass is 9.97. The van der Waals surface area contributed by atoms with E-state index in [1.54, 1.807) is 20.8 Å². The zero-order valence-corrected chi connectivity index (χ0v) is 19.7. The third kappa shape index (κ3) is 7.25. The Morgan fingerprint density at radius 3 is 2.25 bits per heavy atom. The predicted molar refractivity (Wildman–Crippen MR) is 124 cm³/mol. The molecule has 2 rings (SSSR count). The number of rotatable bonds is 8. The zero-order valence-electron chi connectivity index (χ0n) is 19.7. The summed E-state index contributed by atoms with van der Waals surface area (Å²) in [5.74, 6) is -1.17. The van der Waals surface area contributed by atoms with Crippen LogP contribution in [0.2, 0.25) is 0 Å². The number of hydrogen-bond donors (Lipinski definition) is 2. The molecule has 2 amide bonds. The Hall–Kier alpha value is -3.09. The molecule has 0 unspecified atom stereocenters. The van der Waals surface area contributed by atoms with Crippen molar-refractivity contribution in [3.8, 4) is 0 Å². The molecule has 0 aromatic heterocycles. The number of alkyl carbamates (subject to hydrolysis) is 1. The Morgan fingerprint density at radius 2 is 1.66 bits per heavy atom. The van der Waals surface area contributed by atoms with Crippen LogP contribution in [0, 0.1) is 5.92 Å². The molecule has 7 heteroatoms. The lowest BCUT2D eigenvalue weighted by Crippen LogP contribution is -2.55. The van der Waals surface area contributed by atoms with E-state index in [1.165, 1.54) is 7.11 Å². The molecule has 174 valence electrons. The van der Waals surface area contributed by atoms with Crippen LogP contribution >= 0.6 is 0 Å². The molecule has 0 bridgehead atoms. The Bertz CT molecular complexity index is 951. The van der Waals surface area contributed by atoms with Gasteiger partial charge in [0.05, 0.1) is 7.11 Å². The largest absolute Gasteiger partial charge is 0.467 e. The molecule has 0 saturated heterocycles. The van der Waals surface area contributed by atoms with Crippen LogP contribution in [-0.2, 0) is 25.5 Å². The summed E-state index contributed by atoms with van der Waals surface area (Å²) >= 11 is 0. The highest BCUT2D eigenvalue weighted by molar-refractivity contribution is 5.90. The number of ether oxygens (including phenoxy) is 2. The lowest BCUT2D eigenvalue weighted by molar-refractivity contribution is -0.145. The maximum absolute atomic E-state index is 13.1. The fourth-order valence-electron chi connectivity index (χ4n) is 3.33. The number of fused-ring (bicyclic) bond motifs is 1. The van der Waals surface area contributed by atoms with Crippen LogP contribution in [0.1, 0.15) is 46.6 Å². The van der Waals surface area contributed by atoms with E-state index < -0.39 is 35.7 Å². The molecule has 0 spiro atoms. The van der Waals surface area contributed by atoms with Crippen LogP contribution in [-0.4, -0.2) is 42.8 Å². The number of methoxy groups -OCH3 is 1. The van der Waals surface area contributed by atoms with Crippen LogP contribution in [0.4, 0.5) is 4.79 Å². The molecule has 0 aliphatic rings. The maximum atomic E-state index is 13.1. The topological polar surface area (TPSA) is 93.7 Å². The number of benzene rings is 2. The van der Waals surface area contributed by atoms with E-state index in [1.807, 2.05) is 56.3 Å². The van der Waals surface area contributed by atoms with Gasteiger partial charge in [0.15, 0.2) is 0 Å². The first-order valence-electron chi connectivity index (χ1n) is 10.9. The fourth-order valence-corrected chi connectivity index (χ4v) is 3.33. The molecular weight excluding hydrogens is 408 g/mol. The van der Waals surface area contributed by atoms with Crippen molar-refractivity contribution in [2.75, 3.05) is 7.11 Å². The summed E-state index contributed by atoms with van der Waals surface area (Å²) in [6, 6.07) is 12.1. The van der Waals surface area contributed by atoms with Crippen molar-refractivity contribution in [1.29, 1.82) is 0 Å². The van der Waals surface area contributed by atoms with Gasteiger partial charge in [-0.1, -0.05) is 62.7 Å². The standard InChI is InChI=1S/C25H34N2O5/c1-7-16(2)21(27-24(30)32-25(3,4)5)22(28)26-20(23(29)31-6)15-17-12-13-18-10-8-9-11-19(18)14-17/h8-14,16,20-21H,7,15H2,1-6H3,(H,26,28)(H,27,30)/t16-,20-,21-/m0/s1. The highest BCUT2D eigenvalue weighted by Crippen LogP contribution is 2.17. The third-order valence-corrected chi connectivity index (χ3v) is 5.22. The van der Waals surface area contributed by atoms with Crippen LogP contribution in [0.25, 0.3) is 10.8 Å². The first kappa shape index (κ1) is 25.2. The summed E-state index contributed by atoms with van der Waals surface area (Å²) in [7, 11) is 1.28. The fraction of sp³-hybridized carbons (Fsp3) is 0.480. The summed E-state index contributed by atoms with van der Waals surface area (Å²) in [5.41, 5.74) is 0.199. The van der Waals surface area contributed by atoms with Crippen molar-refractivity contribution in [2.24, 2.45) is 5.92 Å². The molecule has 0 saturated carbocycles. The van der Waals surface area contributed by atoms with Gasteiger partial charge in [-0.15, -0.1) is 0 Å². The van der Waals surface area contributed by atoms with Crippen LogP contribution in [0.15, 0.2) is 42.5 Å². The van der Waals surface area contributed by atoms with Gasteiger partial charge >= 0.3 is 12.1 Å². The van der Waals surface area contributed by atoms with Crippen molar-refractivity contribution in [3.05, 3.63) is 48.0 Å². The number of hydrogen-bond acceptors (Lipinski definition) is 5. The summed E-state index contributed by atoms with van der Waals surface area (Å²) in [4.78, 5) is 37.8. The van der Waals surface area contributed by atoms with E-state index in [2.05, 4.69) is 10.6 Å². The third-order valence-electron chi connectivity index (χ3n) is 5.22. The second-order valence-electron chi connectivity index (χ2n) is 8.98. The Labute approximate surface area is 189 Å². The van der Waals surface area contributed by atoms with E-state index in [0.717, 1.165) is 16.3 Å².